The Morgan fingerprint density at radius 1 is 0.929 bits per heavy atom. The van der Waals surface area contributed by atoms with Gasteiger partial charge in [-0.1, -0.05) is 0 Å². The van der Waals surface area contributed by atoms with Crippen LogP contribution in [0.15, 0.2) is 0 Å². The molecule has 8 nitrogen and oxygen atoms in total. The zero-order valence-corrected chi connectivity index (χ0v) is 20.3. The third-order valence-electron chi connectivity index (χ3n) is 0. The van der Waals surface area contributed by atoms with Gasteiger partial charge < -0.3 is 22.0 Å². The zero-order chi connectivity index (χ0) is 9.00. The molecular weight excluding hydrogens is 457 g/mol. The fourth-order valence-electron chi connectivity index (χ4n) is 0. The van der Waals surface area contributed by atoms with Gasteiger partial charge in [0.25, 0.3) is 0 Å². The smallest absolute Gasteiger partial charge is 0 e. The van der Waals surface area contributed by atoms with Gasteiger partial charge in [0.15, 0.2) is 0 Å². The van der Waals surface area contributed by atoms with Crippen molar-refractivity contribution in [3.63, 3.8) is 0 Å². The normalized spacial score (nSPS) is 8.43. The Morgan fingerprint density at radius 2 is 0.929 bits per heavy atom. The second kappa shape index (κ2) is 16.3. The van der Waals surface area contributed by atoms with E-state index in [-0.39, 0.29) is 97.2 Å². The second-order valence-electron chi connectivity index (χ2n) is 1.05. The Hall–Kier alpha value is 3.27. The van der Waals surface area contributed by atoms with Gasteiger partial charge >= 0.3 is 84.1 Å². The Balaban J connectivity index is -0.00000000970. The van der Waals surface area contributed by atoms with Crippen LogP contribution in [-0.4, -0.2) is 82.0 Å². The fourth-order valence-corrected chi connectivity index (χ4v) is 0. The van der Waals surface area contributed by atoms with Gasteiger partial charge in [-0.2, -0.15) is 9.90 Å². The van der Waals surface area contributed by atoms with E-state index in [9.17, 15) is 0 Å². The van der Waals surface area contributed by atoms with Crippen molar-refractivity contribution in [1.29, 1.82) is 0 Å². The van der Waals surface area contributed by atoms with E-state index in [4.69, 9.17) is 35.1 Å². The summed E-state index contributed by atoms with van der Waals surface area (Å²) in [6, 6.07) is 0. The van der Waals surface area contributed by atoms with E-state index in [0.29, 0.717) is 0 Å². The van der Waals surface area contributed by atoms with E-state index in [1.54, 1.807) is 0 Å². The van der Waals surface area contributed by atoms with Crippen LogP contribution in [0.25, 0.3) is 0 Å². The predicted octanol–water partition coefficient (Wildman–Crippen LogP) is -4.07. The van der Waals surface area contributed by atoms with E-state index < -0.39 is 22.7 Å². The molecule has 0 heterocycles. The number of rotatable bonds is 0. The molecule has 0 saturated carbocycles. The Morgan fingerprint density at radius 3 is 0.929 bits per heavy atom. The van der Waals surface area contributed by atoms with E-state index in [1.807, 2.05) is 0 Å². The zero-order valence-electron chi connectivity index (χ0n) is 9.24. The summed E-state index contributed by atoms with van der Waals surface area (Å²) in [7, 11) is -4.61. The number of hydrogen-bond donors (Lipinski definition) is 6. The maximum atomic E-state index is 8.82. The van der Waals surface area contributed by atoms with Gasteiger partial charge in [-0.25, -0.2) is 0 Å². The molecule has 0 saturated heterocycles. The van der Waals surface area contributed by atoms with E-state index >= 15 is 0 Å². The SMILES string of the molecule is O[Si](O)(O)O.P.[H-].[H-].[O]=[Cr](=[O])([OH])[OH].[Sr+2].[Zn].[Zn]. The molecule has 1 unspecified atom stereocenters. The molecule has 14 heteroatoms. The van der Waals surface area contributed by atoms with Crippen LogP contribution in [0.2, 0.25) is 0 Å². The minimum Gasteiger partial charge on any atom is 0 e. The van der Waals surface area contributed by atoms with Crippen LogP contribution in [0.5, 0.6) is 0 Å². The van der Waals surface area contributed by atoms with E-state index in [1.165, 1.54) is 0 Å². The maximum Gasteiger partial charge on any atom is 2.00 e. The third kappa shape index (κ3) is 291. The van der Waals surface area contributed by atoms with E-state index in [2.05, 4.69) is 0 Å². The van der Waals surface area contributed by atoms with Gasteiger partial charge in [0, 0.05) is 39.0 Å². The molecule has 0 spiro atoms. The molecular formula is H11CrO8PSiSrZn2. The van der Waals surface area contributed by atoms with Gasteiger partial charge in [0.1, 0.15) is 0 Å². The first-order chi connectivity index (χ1) is 4.00. The van der Waals surface area contributed by atoms with Gasteiger partial charge in [0.2, 0.25) is 0 Å². The molecule has 1 atom stereocenters. The average molecular weight is 469 g/mol. The molecule has 0 radical (unpaired) electrons. The summed E-state index contributed by atoms with van der Waals surface area (Å²) in [4.78, 5) is 29.3. The first kappa shape index (κ1) is 36.0. The Bertz CT molecular complexity index is 171. The van der Waals surface area contributed by atoms with Gasteiger partial charge in [-0.3, -0.25) is 0 Å². The van der Waals surface area contributed by atoms with Crippen LogP contribution < -0.4 is 0 Å². The average Bonchev–Trinajstić information content (AvgIpc) is 1.12. The van der Waals surface area contributed by atoms with Crippen molar-refractivity contribution in [3.05, 3.63) is 0 Å². The minimum absolute atomic E-state index is 0. The summed E-state index contributed by atoms with van der Waals surface area (Å²) in [6.45, 7) is 0. The summed E-state index contributed by atoms with van der Waals surface area (Å²) in [6.07, 6.45) is 0. The standard InChI is InChI=1S/Cr.H4O4Si.2H2O.2O.H3P.Sr.2Zn.2H/c;1-5(2,3)4;;;;;;;;;;/h;1-4H;2*1H2;;;1H3;;;;;/q+2;;;;;;;+2;;;2*-1/p-2. The summed E-state index contributed by atoms with van der Waals surface area (Å²) in [5.41, 5.74) is 0. The first-order valence-electron chi connectivity index (χ1n) is 1.59. The number of hydrogen-bond acceptors (Lipinski definition) is 6. The van der Waals surface area contributed by atoms with E-state index in [0.717, 1.165) is 0 Å². The topological polar surface area (TPSA) is 156 Å². The molecule has 0 aliphatic carbocycles. The molecule has 0 aromatic carbocycles. The van der Waals surface area contributed by atoms with Crippen LogP contribution in [0.1, 0.15) is 2.85 Å². The molecule has 0 aliphatic rings. The van der Waals surface area contributed by atoms with Crippen molar-refractivity contribution in [2.24, 2.45) is 0 Å². The maximum absolute atomic E-state index is 8.82. The molecule has 0 aromatic rings. The van der Waals surface area contributed by atoms with Gasteiger partial charge in [0.05, 0.1) is 0 Å². The molecule has 0 fully saturated rings. The third-order valence-corrected chi connectivity index (χ3v) is 0. The van der Waals surface area contributed by atoms with Crippen LogP contribution in [0.3, 0.4) is 0 Å². The molecule has 0 aromatic heterocycles. The van der Waals surface area contributed by atoms with Crippen LogP contribution >= 0.6 is 9.90 Å². The molecule has 0 amide bonds. The van der Waals surface area contributed by atoms with Crippen molar-refractivity contribution in [3.8, 4) is 0 Å². The molecule has 80 valence electrons. The van der Waals surface area contributed by atoms with Crippen molar-refractivity contribution in [1.82, 2.24) is 0 Å². The molecule has 0 aliphatic heterocycles. The molecule has 0 bridgehead atoms. The summed E-state index contributed by atoms with van der Waals surface area (Å²) in [5, 5.41) is 0. The first-order valence-corrected chi connectivity index (χ1v) is 5.56. The van der Waals surface area contributed by atoms with Gasteiger partial charge in [-0.05, 0) is 0 Å². The fraction of sp³-hybridized carbons (Fsp3) is 0. The van der Waals surface area contributed by atoms with Crippen molar-refractivity contribution in [2.75, 3.05) is 0 Å². The van der Waals surface area contributed by atoms with Crippen molar-refractivity contribution in [2.45, 2.75) is 0 Å². The summed E-state index contributed by atoms with van der Waals surface area (Å²) in [5.74, 6) is 0. The predicted molar refractivity (Wildman–Crippen MR) is 39.5 cm³/mol. The Kier molecular flexibility index (Phi) is 41.8. The Labute approximate surface area is 152 Å². The van der Waals surface area contributed by atoms with Crippen LogP contribution in [0, 0.1) is 0 Å². The molecule has 0 rings (SSSR count). The summed E-state index contributed by atoms with van der Waals surface area (Å²) >= 11 is -5.25. The largest absolute Gasteiger partial charge is 2.00 e. The molecule has 6 N–H and O–H groups in total. The van der Waals surface area contributed by atoms with Crippen molar-refractivity contribution >= 4 is 64.4 Å². The second-order valence-corrected chi connectivity index (χ2v) is 3.65. The quantitative estimate of drug-likeness (QED) is 0.155. The summed E-state index contributed by atoms with van der Waals surface area (Å²) < 4.78 is 31.9. The monoisotopic (exact) mass is 466 g/mol. The minimum atomic E-state index is -5.25. The van der Waals surface area contributed by atoms with Gasteiger partial charge in [-0.15, -0.1) is 0 Å². The van der Waals surface area contributed by atoms with Crippen LogP contribution in [0.4, 0.5) is 0 Å². The van der Waals surface area contributed by atoms with Crippen LogP contribution in [-0.2, 0) is 60.2 Å². The molecule has 14 heavy (non-hydrogen) atoms. The van der Waals surface area contributed by atoms with Crippen molar-refractivity contribution < 1.29 is 90.5 Å².